The molecule has 0 saturated carbocycles. The van der Waals surface area contributed by atoms with Crippen molar-refractivity contribution in [1.29, 1.82) is 0 Å². The molecule has 114 valence electrons. The van der Waals surface area contributed by atoms with Gasteiger partial charge in [0.15, 0.2) is 6.54 Å². The minimum absolute atomic E-state index is 0.0667. The highest BCUT2D eigenvalue weighted by Gasteiger charge is 2.26. The molecule has 1 fully saturated rings. The Labute approximate surface area is 123 Å². The average molecular weight is 294 g/mol. The molecule has 1 aliphatic rings. The van der Waals surface area contributed by atoms with Gasteiger partial charge in [-0.25, -0.2) is 4.39 Å². The molecule has 0 radical (unpaired) electrons. The number of benzene rings is 1. The van der Waals surface area contributed by atoms with E-state index in [1.807, 2.05) is 0 Å². The highest BCUT2D eigenvalue weighted by Crippen LogP contribution is 2.13. The van der Waals surface area contributed by atoms with Gasteiger partial charge in [-0.1, -0.05) is 6.07 Å². The maximum absolute atomic E-state index is 13.4. The van der Waals surface area contributed by atoms with Crippen LogP contribution in [0.5, 0.6) is 0 Å². The third-order valence-corrected chi connectivity index (χ3v) is 3.96. The zero-order chi connectivity index (χ0) is 15.4. The number of piperidine rings is 1. The van der Waals surface area contributed by atoms with Crippen LogP contribution in [0.2, 0.25) is 0 Å². The number of aryl methyl sites for hydroxylation is 1. The number of rotatable bonds is 4. The summed E-state index contributed by atoms with van der Waals surface area (Å²) in [6.45, 7) is 3.50. The molecule has 1 aromatic carbocycles. The smallest absolute Gasteiger partial charge is 0.279 e. The minimum Gasteiger partial charge on any atom is -0.369 e. The minimum atomic E-state index is -0.331. The van der Waals surface area contributed by atoms with Gasteiger partial charge in [0.05, 0.1) is 13.1 Å². The van der Waals surface area contributed by atoms with Crippen LogP contribution in [0, 0.1) is 18.7 Å². The van der Waals surface area contributed by atoms with E-state index in [9.17, 15) is 14.0 Å². The van der Waals surface area contributed by atoms with Crippen LogP contribution in [0.25, 0.3) is 0 Å². The van der Waals surface area contributed by atoms with E-state index in [0.717, 1.165) is 30.8 Å². The molecule has 2 amide bonds. The van der Waals surface area contributed by atoms with Crippen molar-refractivity contribution >= 4 is 17.5 Å². The van der Waals surface area contributed by atoms with Crippen molar-refractivity contribution in [2.24, 2.45) is 11.7 Å². The van der Waals surface area contributed by atoms with Crippen molar-refractivity contribution in [3.63, 3.8) is 0 Å². The predicted molar refractivity (Wildman–Crippen MR) is 77.2 cm³/mol. The van der Waals surface area contributed by atoms with Gasteiger partial charge >= 0.3 is 0 Å². The molecule has 1 saturated heterocycles. The molecule has 0 aliphatic carbocycles. The molecular weight excluding hydrogens is 273 g/mol. The number of hydrogen-bond donors (Lipinski definition) is 3. The molecule has 1 aliphatic heterocycles. The van der Waals surface area contributed by atoms with Gasteiger partial charge in [0.25, 0.3) is 5.91 Å². The Morgan fingerprint density at radius 2 is 2.05 bits per heavy atom. The fourth-order valence-corrected chi connectivity index (χ4v) is 2.59. The third kappa shape index (κ3) is 4.26. The Hall–Kier alpha value is -1.95. The lowest BCUT2D eigenvalue weighted by molar-refractivity contribution is -0.897. The molecule has 0 atom stereocenters. The maximum atomic E-state index is 13.4. The molecule has 0 unspecified atom stereocenters. The Morgan fingerprint density at radius 3 is 2.62 bits per heavy atom. The van der Waals surface area contributed by atoms with Crippen molar-refractivity contribution in [3.8, 4) is 0 Å². The summed E-state index contributed by atoms with van der Waals surface area (Å²) in [5, 5.41) is 2.70. The summed E-state index contributed by atoms with van der Waals surface area (Å²) in [7, 11) is 0. The Morgan fingerprint density at radius 1 is 1.38 bits per heavy atom. The van der Waals surface area contributed by atoms with Gasteiger partial charge in [0.1, 0.15) is 5.82 Å². The van der Waals surface area contributed by atoms with E-state index in [1.165, 1.54) is 6.07 Å². The van der Waals surface area contributed by atoms with E-state index < -0.39 is 0 Å². The fraction of sp³-hybridized carbons (Fsp3) is 0.467. The lowest BCUT2D eigenvalue weighted by Crippen LogP contribution is -3.14. The lowest BCUT2D eigenvalue weighted by Gasteiger charge is -2.27. The largest absolute Gasteiger partial charge is 0.369 e. The monoisotopic (exact) mass is 294 g/mol. The van der Waals surface area contributed by atoms with Crippen LogP contribution in [0.1, 0.15) is 18.4 Å². The Kier molecular flexibility index (Phi) is 4.90. The molecule has 6 heteroatoms. The first-order valence-corrected chi connectivity index (χ1v) is 7.14. The first-order chi connectivity index (χ1) is 9.95. The van der Waals surface area contributed by atoms with Gasteiger partial charge in [-0.15, -0.1) is 0 Å². The fourth-order valence-electron chi connectivity index (χ4n) is 2.59. The summed E-state index contributed by atoms with van der Waals surface area (Å²) in [5.74, 6) is -0.801. The number of hydrogen-bond acceptors (Lipinski definition) is 2. The number of primary amides is 1. The number of anilines is 1. The number of nitrogens with two attached hydrogens (primary N) is 1. The van der Waals surface area contributed by atoms with E-state index in [4.69, 9.17) is 5.73 Å². The molecule has 2 rings (SSSR count). The third-order valence-electron chi connectivity index (χ3n) is 3.96. The van der Waals surface area contributed by atoms with Crippen LogP contribution in [-0.4, -0.2) is 31.4 Å². The summed E-state index contributed by atoms with van der Waals surface area (Å²) in [4.78, 5) is 24.2. The number of carbonyl (C=O) groups is 2. The molecule has 0 bridgehead atoms. The highest BCUT2D eigenvalue weighted by molar-refractivity contribution is 5.91. The summed E-state index contributed by atoms with van der Waals surface area (Å²) in [6.07, 6.45) is 1.44. The molecule has 5 nitrogen and oxygen atoms in total. The van der Waals surface area contributed by atoms with E-state index >= 15 is 0 Å². The van der Waals surface area contributed by atoms with Crippen molar-refractivity contribution in [2.45, 2.75) is 19.8 Å². The van der Waals surface area contributed by atoms with Crippen LogP contribution in [-0.2, 0) is 9.59 Å². The summed E-state index contributed by atoms with van der Waals surface area (Å²) >= 11 is 0. The van der Waals surface area contributed by atoms with Crippen LogP contribution in [0.3, 0.4) is 0 Å². The molecule has 4 N–H and O–H groups in total. The summed E-state index contributed by atoms with van der Waals surface area (Å²) in [5.41, 5.74) is 6.29. The number of likely N-dealkylation sites (tertiary alicyclic amines) is 1. The first kappa shape index (κ1) is 15.4. The second-order valence-electron chi connectivity index (χ2n) is 5.62. The van der Waals surface area contributed by atoms with Crippen LogP contribution < -0.4 is 16.0 Å². The molecule has 0 aromatic heterocycles. The van der Waals surface area contributed by atoms with E-state index in [1.54, 1.807) is 19.1 Å². The van der Waals surface area contributed by atoms with Crippen molar-refractivity contribution in [1.82, 2.24) is 0 Å². The summed E-state index contributed by atoms with van der Waals surface area (Å²) < 4.78 is 13.4. The first-order valence-electron chi connectivity index (χ1n) is 7.14. The number of nitrogens with one attached hydrogen (secondary N) is 2. The second kappa shape index (κ2) is 6.67. The SMILES string of the molecule is Cc1ccc(NC(=O)C[NH+]2CCC(C(N)=O)CC2)cc1F. The van der Waals surface area contributed by atoms with Crippen molar-refractivity contribution in [3.05, 3.63) is 29.6 Å². The molecule has 21 heavy (non-hydrogen) atoms. The highest BCUT2D eigenvalue weighted by atomic mass is 19.1. The zero-order valence-corrected chi connectivity index (χ0v) is 12.1. The standard InChI is InChI=1S/C15H20FN3O2/c1-10-2-3-12(8-13(10)16)18-14(20)9-19-6-4-11(5-7-19)15(17)21/h2-3,8,11H,4-7,9H2,1H3,(H2,17,21)(H,18,20)/p+1. The van der Waals surface area contributed by atoms with Gasteiger partial charge in [0, 0.05) is 24.4 Å². The Balaban J connectivity index is 1.82. The van der Waals surface area contributed by atoms with E-state index in [0.29, 0.717) is 17.8 Å². The van der Waals surface area contributed by atoms with Crippen LogP contribution in [0.4, 0.5) is 10.1 Å². The number of halogens is 1. The topological polar surface area (TPSA) is 76.6 Å². The normalized spacial score (nSPS) is 21.8. The second-order valence-corrected chi connectivity index (χ2v) is 5.62. The zero-order valence-electron chi connectivity index (χ0n) is 12.1. The number of carbonyl (C=O) groups excluding carboxylic acids is 2. The average Bonchev–Trinajstić information content (AvgIpc) is 2.43. The summed E-state index contributed by atoms with van der Waals surface area (Å²) in [6, 6.07) is 4.64. The Bertz CT molecular complexity index is 540. The van der Waals surface area contributed by atoms with Gasteiger partial charge in [-0.2, -0.15) is 0 Å². The van der Waals surface area contributed by atoms with Crippen molar-refractivity contribution < 1.29 is 18.9 Å². The van der Waals surface area contributed by atoms with Crippen molar-refractivity contribution in [2.75, 3.05) is 25.0 Å². The number of amides is 2. The van der Waals surface area contributed by atoms with E-state index in [2.05, 4.69) is 5.32 Å². The van der Waals surface area contributed by atoms with Gasteiger partial charge in [-0.05, 0) is 24.6 Å². The van der Waals surface area contributed by atoms with Gasteiger partial charge < -0.3 is 16.0 Å². The molecule has 0 spiro atoms. The molecular formula is C15H21FN3O2+. The van der Waals surface area contributed by atoms with E-state index in [-0.39, 0.29) is 23.5 Å². The van der Waals surface area contributed by atoms with Gasteiger partial charge in [0.2, 0.25) is 5.91 Å². The predicted octanol–water partition coefficient (Wildman–Crippen LogP) is -0.147. The van der Waals surface area contributed by atoms with Crippen LogP contribution in [0.15, 0.2) is 18.2 Å². The molecule has 1 heterocycles. The quantitative estimate of drug-likeness (QED) is 0.722. The molecule has 1 aromatic rings. The van der Waals surface area contributed by atoms with Crippen LogP contribution >= 0.6 is 0 Å². The maximum Gasteiger partial charge on any atom is 0.279 e. The number of quaternary nitrogens is 1. The van der Waals surface area contributed by atoms with Gasteiger partial charge in [-0.3, -0.25) is 9.59 Å². The lowest BCUT2D eigenvalue weighted by atomic mass is 9.96.